The Bertz CT molecular complexity index is 1800. The molecule has 0 aliphatic heterocycles. The second-order valence-electron chi connectivity index (χ2n) is 26.9. The number of esters is 2. The van der Waals surface area contributed by atoms with Crippen molar-refractivity contribution in [2.24, 2.45) is 0 Å². The van der Waals surface area contributed by atoms with Crippen LogP contribution in [0.5, 0.6) is 0 Å². The van der Waals surface area contributed by atoms with Gasteiger partial charge >= 0.3 is 29.1 Å². The molecule has 0 aromatic carbocycles. The number of hydrogen-bond acceptors (Lipinski definition) is 22. The number of unbranched alkanes of at least 4 members (excludes halogenated alkanes) is 8. The Morgan fingerprint density at radius 3 is 1.12 bits per heavy atom. The van der Waals surface area contributed by atoms with E-state index in [1.165, 1.54) is 0 Å². The van der Waals surface area contributed by atoms with Gasteiger partial charge in [0.1, 0.15) is 25.4 Å². The molecule has 29 heteroatoms. The maximum absolute atomic E-state index is 11.3. The normalized spacial score (nSPS) is 14.1. The first-order valence-corrected chi connectivity index (χ1v) is 54.1. The van der Waals surface area contributed by atoms with Crippen molar-refractivity contribution >= 4 is 71.4 Å². The first-order valence-electron chi connectivity index (χ1n) is 33.6. The third kappa shape index (κ3) is 63.7. The van der Waals surface area contributed by atoms with Gasteiger partial charge in [0.25, 0.3) is 0 Å². The van der Waals surface area contributed by atoms with Crippen LogP contribution in [0.2, 0.25) is 97.2 Å². The molecule has 7 N–H and O–H groups in total. The van der Waals surface area contributed by atoms with E-state index in [0.717, 1.165) is 135 Å². The van der Waals surface area contributed by atoms with Gasteiger partial charge in [-0.05, 0) is 169 Å². The summed E-state index contributed by atoms with van der Waals surface area (Å²) in [4.78, 5) is 22.6. The Labute approximate surface area is 561 Å². The summed E-state index contributed by atoms with van der Waals surface area (Å²) in [5, 5.41) is 54.4. The summed E-state index contributed by atoms with van der Waals surface area (Å²) in [6.45, 7) is 47.1. The van der Waals surface area contributed by atoms with Crippen molar-refractivity contribution in [1.82, 2.24) is 10.6 Å². The van der Waals surface area contributed by atoms with Gasteiger partial charge in [-0.1, -0.05) is 71.4 Å². The average molecular weight is 1430 g/mol. The summed E-state index contributed by atoms with van der Waals surface area (Å²) in [6, 6.07) is 2.10. The maximum Gasteiger partial charge on any atom is 0.333 e. The van der Waals surface area contributed by atoms with Gasteiger partial charge in [-0.25, -0.2) is 9.59 Å². The second kappa shape index (κ2) is 56.1. The van der Waals surface area contributed by atoms with Crippen LogP contribution in [0.1, 0.15) is 111 Å². The van der Waals surface area contributed by atoms with Crippen molar-refractivity contribution in [3.63, 3.8) is 0 Å². The molecule has 5 unspecified atom stereocenters. The van der Waals surface area contributed by atoms with Crippen LogP contribution in [0.15, 0.2) is 24.3 Å². The topological polar surface area (TPSA) is 279 Å². The number of carbonyl (C=O) groups is 2. The summed E-state index contributed by atoms with van der Waals surface area (Å²) in [7, 11) is -10.9. The Morgan fingerprint density at radius 1 is 0.440 bits per heavy atom. The van der Waals surface area contributed by atoms with Crippen molar-refractivity contribution in [2.75, 3.05) is 132 Å². The van der Waals surface area contributed by atoms with E-state index < -0.39 is 95.8 Å². The zero-order valence-electron chi connectivity index (χ0n) is 60.7. The van der Waals surface area contributed by atoms with Crippen LogP contribution in [0.25, 0.3) is 0 Å². The molecule has 0 aliphatic carbocycles. The average Bonchev–Trinajstić information content (AvgIpc) is 1.37. The summed E-state index contributed by atoms with van der Waals surface area (Å²) >= 11 is 0. The molecule has 22 nitrogen and oxygen atoms in total. The van der Waals surface area contributed by atoms with Crippen LogP contribution >= 0.6 is 0 Å². The number of carbonyl (C=O) groups excluding carboxylic acids is 2. The lowest BCUT2D eigenvalue weighted by Gasteiger charge is -2.38. The Balaban J connectivity index is -0.00000166. The van der Waals surface area contributed by atoms with E-state index in [1.807, 2.05) is 0 Å². The van der Waals surface area contributed by atoms with Gasteiger partial charge in [-0.3, -0.25) is 0 Å². The fraction of sp³-hybridized carbons (Fsp3) is 0.903. The molecule has 0 spiro atoms. The molecule has 0 saturated heterocycles. The lowest BCUT2D eigenvalue weighted by molar-refractivity contribution is -0.141. The van der Waals surface area contributed by atoms with Crippen molar-refractivity contribution in [1.29, 1.82) is 0 Å². The van der Waals surface area contributed by atoms with Crippen LogP contribution in [0.3, 0.4) is 0 Å². The molecule has 91 heavy (non-hydrogen) atoms. The van der Waals surface area contributed by atoms with Gasteiger partial charge in [-0.15, -0.1) is 0 Å². The molecule has 0 rings (SSSR count). The quantitative estimate of drug-likeness (QED) is 0.0129. The molecular formula is C62H138N2O20Si7. The predicted molar refractivity (Wildman–Crippen MR) is 384 cm³/mol. The SMILES string of the molecule is C=C(C)C(=O)OCCOCC(O)COCCCCC[Si](C)(C)O[Si](C)(C)O[Si](C)(C)COCC(O)CCCCCNCC.C=C(C)C(=O)OCCOCC(O)COCCCCC[Si](C)(C)O[Si](C)(C)O[Si](C)(C)COCC(O)CCCCCNC[SiH](C)OC.CO. The van der Waals surface area contributed by atoms with E-state index in [9.17, 15) is 30.0 Å². The predicted octanol–water partition coefficient (Wildman–Crippen LogP) is 8.93. The summed E-state index contributed by atoms with van der Waals surface area (Å²) in [6.07, 6.45) is 13.9. The van der Waals surface area contributed by atoms with Gasteiger partial charge in [0.2, 0.25) is 16.6 Å². The summed E-state index contributed by atoms with van der Waals surface area (Å²) in [5.41, 5.74) is 0.692. The molecule has 0 fully saturated rings. The van der Waals surface area contributed by atoms with E-state index in [0.29, 0.717) is 50.0 Å². The zero-order valence-corrected chi connectivity index (χ0v) is 67.9. The molecule has 0 aliphatic rings. The van der Waals surface area contributed by atoms with Crippen molar-refractivity contribution in [2.45, 2.75) is 232 Å². The van der Waals surface area contributed by atoms with Crippen molar-refractivity contribution < 1.29 is 93.9 Å². The highest BCUT2D eigenvalue weighted by Gasteiger charge is 2.41. The second-order valence-corrected chi connectivity index (χ2v) is 54.0. The fourth-order valence-electron chi connectivity index (χ4n) is 9.56. The maximum atomic E-state index is 11.3. The van der Waals surface area contributed by atoms with Crippen LogP contribution in [0, 0.1) is 0 Å². The number of rotatable bonds is 60. The molecule has 0 bridgehead atoms. The smallest absolute Gasteiger partial charge is 0.333 e. The third-order valence-electron chi connectivity index (χ3n) is 13.5. The highest BCUT2D eigenvalue weighted by atomic mass is 28.5. The van der Waals surface area contributed by atoms with E-state index >= 15 is 0 Å². The number of hydrogen-bond donors (Lipinski definition) is 7. The third-order valence-corrected chi connectivity index (χ3v) is 36.8. The first-order chi connectivity index (χ1) is 42.6. The number of ether oxygens (including phenoxy) is 8. The van der Waals surface area contributed by atoms with Gasteiger partial charge in [-0.2, -0.15) is 0 Å². The molecule has 5 atom stereocenters. The fourth-order valence-corrected chi connectivity index (χ4v) is 37.4. The van der Waals surface area contributed by atoms with Crippen molar-refractivity contribution in [3.8, 4) is 0 Å². The van der Waals surface area contributed by atoms with E-state index in [1.54, 1.807) is 21.0 Å². The Morgan fingerprint density at radius 2 is 0.769 bits per heavy atom. The van der Waals surface area contributed by atoms with E-state index in [2.05, 4.69) is 116 Å². The van der Waals surface area contributed by atoms with E-state index in [-0.39, 0.29) is 52.9 Å². The number of nitrogens with one attached hydrogen (secondary N) is 2. The minimum atomic E-state index is -2.34. The van der Waals surface area contributed by atoms with Gasteiger partial charge in [0.05, 0.1) is 77.5 Å². The number of aliphatic hydroxyl groups excluding tert-OH is 5. The molecule has 0 aromatic heterocycles. The van der Waals surface area contributed by atoms with Crippen LogP contribution < -0.4 is 10.6 Å². The molecule has 0 aromatic rings. The van der Waals surface area contributed by atoms with E-state index in [4.69, 9.17) is 63.9 Å². The number of aliphatic hydroxyl groups is 5. The zero-order chi connectivity index (χ0) is 69.8. The van der Waals surface area contributed by atoms with Gasteiger partial charge < -0.3 is 94.9 Å². The first kappa shape index (κ1) is 94.4. The van der Waals surface area contributed by atoms with Crippen LogP contribution in [-0.4, -0.2) is 253 Å². The minimum Gasteiger partial charge on any atom is -0.460 e. The highest BCUT2D eigenvalue weighted by molar-refractivity contribution is 6.88. The van der Waals surface area contributed by atoms with Crippen molar-refractivity contribution in [3.05, 3.63) is 24.3 Å². The summed E-state index contributed by atoms with van der Waals surface area (Å²) < 4.78 is 75.5. The van der Waals surface area contributed by atoms with Gasteiger partial charge in [0.15, 0.2) is 25.7 Å². The lowest BCUT2D eigenvalue weighted by Crippen LogP contribution is -2.54. The Kier molecular flexibility index (Phi) is 58.2. The van der Waals surface area contributed by atoms with Crippen LogP contribution in [-0.2, 0) is 68.4 Å². The molecule has 0 radical (unpaired) electrons. The minimum absolute atomic E-state index is 0.129. The standard InChI is InChI=1S/C31H69NO10Si4.C30H65NO9Si3.CH4O/c1-28(2)31(35)40-21-20-38-25-30(34)24-37-19-15-12-16-22-44(5,6)41-46(9,10)42-45(7,8)27-39-23-29(33)17-13-11-14-18-32-26-43(4)36-3;1-10-31-18-14-11-13-17-28(32)23-37-26-42(6,7)40-43(8,9)39-41(4,5)22-16-12-15-19-35-24-29(33)25-36-20-21-38-30(34)27(2)3;1-2/h29-30,32-34,43H,1,11-27H2,2-10H3;28-29,31-33H,2,10-26H2,1,3-9H3;2H,1H3. The molecule has 0 amide bonds. The Hall–Kier alpha value is -0.782. The van der Waals surface area contributed by atoms with Gasteiger partial charge in [0, 0.05) is 44.7 Å². The molecule has 0 saturated carbocycles. The monoisotopic (exact) mass is 1430 g/mol. The lowest BCUT2D eigenvalue weighted by atomic mass is 10.1. The molecule has 544 valence electrons. The molecular weight excluding hydrogens is 1290 g/mol. The highest BCUT2D eigenvalue weighted by Crippen LogP contribution is 2.27. The largest absolute Gasteiger partial charge is 0.460 e. The van der Waals surface area contributed by atoms with Crippen LogP contribution in [0.4, 0.5) is 0 Å². The summed E-state index contributed by atoms with van der Waals surface area (Å²) in [5.74, 6) is -0.889. The molecule has 0 heterocycles.